The van der Waals surface area contributed by atoms with Crippen molar-refractivity contribution >= 4 is 8.70 Å². The minimum atomic E-state index is -1.92. The zero-order valence-electron chi connectivity index (χ0n) is 21.6. The summed E-state index contributed by atoms with van der Waals surface area (Å²) in [7, 11) is 0. The fourth-order valence-corrected chi connectivity index (χ4v) is 29.2. The normalized spacial score (nSPS) is 16.3. The summed E-state index contributed by atoms with van der Waals surface area (Å²) in [5, 5.41) is 0. The van der Waals surface area contributed by atoms with Gasteiger partial charge in [-0.2, -0.15) is 0 Å². The summed E-state index contributed by atoms with van der Waals surface area (Å²) in [5.74, 6) is 0. The summed E-state index contributed by atoms with van der Waals surface area (Å²) < 4.78 is 3.82. The van der Waals surface area contributed by atoms with Crippen LogP contribution in [-0.2, 0) is 37.6 Å². The van der Waals surface area contributed by atoms with Gasteiger partial charge in [0, 0.05) is 0 Å². The van der Waals surface area contributed by atoms with E-state index < -0.39 is 20.4 Å². The number of allylic oxidation sites excluding steroid dienone is 4. The van der Waals surface area contributed by atoms with Gasteiger partial charge >= 0.3 is 204 Å². The maximum absolute atomic E-state index is 2.55. The first kappa shape index (κ1) is 28.2. The topological polar surface area (TPSA) is 0 Å². The largest absolute Gasteiger partial charge is 1.00 e. The Bertz CT molecular complexity index is 1180. The summed E-state index contributed by atoms with van der Waals surface area (Å²) in [6.45, 7) is 14.4. The van der Waals surface area contributed by atoms with Crippen LogP contribution in [0.25, 0.3) is 11.1 Å². The van der Waals surface area contributed by atoms with Crippen molar-refractivity contribution in [1.82, 2.24) is 0 Å². The van der Waals surface area contributed by atoms with E-state index in [1.165, 1.54) is 30.4 Å². The van der Waals surface area contributed by atoms with Crippen LogP contribution in [0.15, 0.2) is 51.8 Å². The van der Waals surface area contributed by atoms with Crippen LogP contribution in [0.2, 0.25) is 12.1 Å². The Morgan fingerprint density at radius 2 is 1.50 bits per heavy atom. The van der Waals surface area contributed by atoms with Gasteiger partial charge in [0.05, 0.1) is 0 Å². The molecule has 0 spiro atoms. The molecule has 3 aliphatic rings. The van der Waals surface area contributed by atoms with Gasteiger partial charge in [0.1, 0.15) is 0 Å². The third kappa shape index (κ3) is 5.18. The molecule has 0 unspecified atom stereocenters. The molecular formula is C30H38Cl2SiZr. The molecule has 1 saturated heterocycles. The van der Waals surface area contributed by atoms with Gasteiger partial charge in [0.2, 0.25) is 0 Å². The van der Waals surface area contributed by atoms with Gasteiger partial charge in [-0.05, 0) is 0 Å². The second-order valence-electron chi connectivity index (χ2n) is 12.1. The van der Waals surface area contributed by atoms with Gasteiger partial charge in [-0.15, -0.1) is 0 Å². The standard InChI is InChI=1S/C21H25.C5H5.C4H8Si.2ClH.Zr/c1-20(2,3)16-7-9-18-14(12-16)11-15-13-17(21(4,5)6)8-10-19(15)18;2*1-2-4-5-3-1;;;/h7-10,12H,11H2,1-6H3;1-3H,4H2;1-4H2;2*1H;/q;;;;;+2/p-2. The molecule has 34 heavy (non-hydrogen) atoms. The zero-order chi connectivity index (χ0) is 22.7. The smallest absolute Gasteiger partial charge is 1.00 e. The van der Waals surface area contributed by atoms with Crippen LogP contribution in [-0.4, -0.2) is 5.43 Å². The molecule has 0 radical (unpaired) electrons. The first-order valence-corrected chi connectivity index (χ1v) is 20.6. The van der Waals surface area contributed by atoms with Crippen LogP contribution >= 0.6 is 0 Å². The molecule has 2 aliphatic carbocycles. The second kappa shape index (κ2) is 10.5. The number of hydrogen-bond acceptors (Lipinski definition) is 0. The van der Waals surface area contributed by atoms with E-state index in [0.29, 0.717) is 0 Å². The van der Waals surface area contributed by atoms with Crippen molar-refractivity contribution in [3.05, 3.63) is 74.1 Å². The van der Waals surface area contributed by atoms with Crippen LogP contribution in [0.4, 0.5) is 0 Å². The average molecular weight is 589 g/mol. The molecular weight excluding hydrogens is 551 g/mol. The van der Waals surface area contributed by atoms with Crippen molar-refractivity contribution < 1.29 is 45.2 Å². The Kier molecular flexibility index (Phi) is 8.73. The predicted molar refractivity (Wildman–Crippen MR) is 138 cm³/mol. The maximum Gasteiger partial charge on any atom is -1.00 e. The van der Waals surface area contributed by atoms with Crippen molar-refractivity contribution in [2.24, 2.45) is 0 Å². The number of halogens is 2. The molecule has 0 aromatic heterocycles. The molecule has 0 saturated carbocycles. The number of fused-ring (bicyclic) bond motifs is 3. The molecule has 0 amide bonds. The van der Waals surface area contributed by atoms with E-state index >= 15 is 0 Å². The van der Waals surface area contributed by atoms with Gasteiger partial charge in [-0.25, -0.2) is 0 Å². The zero-order valence-corrected chi connectivity index (χ0v) is 26.6. The molecule has 0 nitrogen and oxygen atoms in total. The summed E-state index contributed by atoms with van der Waals surface area (Å²) in [6.07, 6.45) is 12.7. The molecule has 180 valence electrons. The molecule has 1 heterocycles. The maximum atomic E-state index is 2.55. The molecule has 1 aliphatic heterocycles. The molecule has 4 heteroatoms. The SMILES string of the molecule is CC(C)(C)c1ccc2c(c1)Cc1c-2ccc(C(C)(C)C)[c]1[Zr+2]([C]1=CC=CC1)=[Si]1CCCC1.[Cl-].[Cl-]. The Morgan fingerprint density at radius 3 is 2.09 bits per heavy atom. The molecule has 0 bridgehead atoms. The molecule has 1 fully saturated rings. The first-order valence-electron chi connectivity index (χ1n) is 12.5. The molecule has 0 atom stereocenters. The predicted octanol–water partition coefficient (Wildman–Crippen LogP) is 1.73. The second-order valence-corrected chi connectivity index (χ2v) is 27.1. The molecule has 2 aromatic carbocycles. The summed E-state index contributed by atoms with van der Waals surface area (Å²) >= 11 is -1.92. The number of rotatable bonds is 2. The van der Waals surface area contributed by atoms with Crippen LogP contribution in [0, 0.1) is 0 Å². The average Bonchev–Trinajstić information content (AvgIpc) is 3.47. The van der Waals surface area contributed by atoms with Gasteiger partial charge in [0.15, 0.2) is 0 Å². The van der Waals surface area contributed by atoms with Crippen LogP contribution in [0.3, 0.4) is 0 Å². The van der Waals surface area contributed by atoms with E-state index in [1.807, 2.05) is 6.55 Å². The monoisotopic (exact) mass is 586 g/mol. The Morgan fingerprint density at radius 1 is 0.824 bits per heavy atom. The number of hydrogen-bond donors (Lipinski definition) is 0. The molecule has 0 N–H and O–H groups in total. The van der Waals surface area contributed by atoms with Crippen molar-refractivity contribution in [3.8, 4) is 11.1 Å². The van der Waals surface area contributed by atoms with Crippen LogP contribution < -0.4 is 28.1 Å². The summed E-state index contributed by atoms with van der Waals surface area (Å²) in [5.41, 5.74) is 9.76. The third-order valence-corrected chi connectivity index (χ3v) is 27.7. The third-order valence-electron chi connectivity index (χ3n) is 7.65. The van der Waals surface area contributed by atoms with E-state index in [9.17, 15) is 0 Å². The van der Waals surface area contributed by atoms with E-state index in [4.69, 9.17) is 0 Å². The van der Waals surface area contributed by atoms with E-state index in [1.54, 1.807) is 34.3 Å². The van der Waals surface area contributed by atoms with Gasteiger partial charge in [-0.1, -0.05) is 0 Å². The van der Waals surface area contributed by atoms with Crippen molar-refractivity contribution in [2.75, 3.05) is 0 Å². The Hall–Kier alpha value is -0.400. The van der Waals surface area contributed by atoms with Crippen LogP contribution in [0.1, 0.15) is 83.1 Å². The van der Waals surface area contributed by atoms with Gasteiger partial charge in [-0.3, -0.25) is 0 Å². The fraction of sp³-hybridized carbons (Fsp3) is 0.467. The van der Waals surface area contributed by atoms with Crippen molar-refractivity contribution in [1.29, 1.82) is 0 Å². The van der Waals surface area contributed by atoms with Crippen molar-refractivity contribution in [3.63, 3.8) is 0 Å². The van der Waals surface area contributed by atoms with Gasteiger partial charge in [0.25, 0.3) is 0 Å². The van der Waals surface area contributed by atoms with Crippen molar-refractivity contribution in [2.45, 2.75) is 90.1 Å². The van der Waals surface area contributed by atoms with E-state index in [-0.39, 0.29) is 41.1 Å². The van der Waals surface area contributed by atoms with Crippen LogP contribution in [0.5, 0.6) is 0 Å². The Labute approximate surface area is 227 Å². The summed E-state index contributed by atoms with van der Waals surface area (Å²) in [6, 6.07) is 15.5. The molecule has 5 rings (SSSR count). The van der Waals surface area contributed by atoms with E-state index in [2.05, 4.69) is 90.1 Å². The first-order chi connectivity index (χ1) is 15.1. The molecule has 2 aromatic rings. The minimum absolute atomic E-state index is 0. The van der Waals surface area contributed by atoms with Gasteiger partial charge < -0.3 is 24.8 Å². The van der Waals surface area contributed by atoms with E-state index in [0.717, 1.165) is 6.42 Å². The number of benzene rings is 2. The Balaban J connectivity index is 0.00000162. The fourth-order valence-electron chi connectivity index (χ4n) is 5.90. The minimum Gasteiger partial charge on any atom is -1.00 e. The quantitative estimate of drug-likeness (QED) is 0.401. The summed E-state index contributed by atoms with van der Waals surface area (Å²) in [4.78, 5) is 0.